The molecule has 2 fully saturated rings. The Hall–Kier alpha value is -0.0800. The molecular weight excluding hydrogens is 196 g/mol. The second kappa shape index (κ2) is 5.50. The van der Waals surface area contributed by atoms with E-state index in [1.54, 1.807) is 0 Å². The largest absolute Gasteiger partial charge is 0.316 e. The SMILES string of the molecule is CC(C)C1(CNCCCC2CCNC2)CC1. The van der Waals surface area contributed by atoms with E-state index in [9.17, 15) is 0 Å². The van der Waals surface area contributed by atoms with E-state index in [4.69, 9.17) is 0 Å². The molecule has 1 heterocycles. The molecule has 0 aromatic rings. The number of hydrogen-bond acceptors (Lipinski definition) is 2. The van der Waals surface area contributed by atoms with Crippen LogP contribution in [0.5, 0.6) is 0 Å². The minimum Gasteiger partial charge on any atom is -0.316 e. The molecule has 1 aliphatic carbocycles. The van der Waals surface area contributed by atoms with Gasteiger partial charge in [0.1, 0.15) is 0 Å². The van der Waals surface area contributed by atoms with E-state index in [0.29, 0.717) is 5.41 Å². The van der Waals surface area contributed by atoms with Crippen LogP contribution >= 0.6 is 0 Å². The lowest BCUT2D eigenvalue weighted by Crippen LogP contribution is -2.28. The summed E-state index contributed by atoms with van der Waals surface area (Å²) < 4.78 is 0. The average Bonchev–Trinajstić information content (AvgIpc) is 2.87. The Morgan fingerprint density at radius 1 is 1.38 bits per heavy atom. The fourth-order valence-corrected chi connectivity index (χ4v) is 2.93. The zero-order valence-electron chi connectivity index (χ0n) is 11.0. The summed E-state index contributed by atoms with van der Waals surface area (Å²) in [7, 11) is 0. The Bertz CT molecular complexity index is 203. The third kappa shape index (κ3) is 3.21. The second-order valence-corrected chi connectivity index (χ2v) is 6.19. The number of nitrogens with one attached hydrogen (secondary N) is 2. The molecule has 2 rings (SSSR count). The summed E-state index contributed by atoms with van der Waals surface area (Å²) in [5.74, 6) is 1.82. The summed E-state index contributed by atoms with van der Waals surface area (Å²) in [6.07, 6.45) is 7.07. The molecule has 0 amide bonds. The molecule has 0 bridgehead atoms. The van der Waals surface area contributed by atoms with E-state index >= 15 is 0 Å². The first-order chi connectivity index (χ1) is 7.73. The second-order valence-electron chi connectivity index (χ2n) is 6.19. The molecule has 2 heteroatoms. The first kappa shape index (κ1) is 12.4. The zero-order chi connectivity index (χ0) is 11.4. The van der Waals surface area contributed by atoms with Gasteiger partial charge in [-0.2, -0.15) is 0 Å². The maximum Gasteiger partial charge on any atom is 0.00103 e. The predicted molar refractivity (Wildman–Crippen MR) is 69.6 cm³/mol. The standard InChI is InChI=1S/C14H28N2/c1-12(2)14(6-7-14)11-16-8-3-4-13-5-9-15-10-13/h12-13,15-16H,3-11H2,1-2H3. The van der Waals surface area contributed by atoms with Crippen molar-refractivity contribution in [1.82, 2.24) is 10.6 Å². The average molecular weight is 224 g/mol. The predicted octanol–water partition coefficient (Wildman–Crippen LogP) is 2.40. The van der Waals surface area contributed by atoms with Crippen LogP contribution in [0.4, 0.5) is 0 Å². The van der Waals surface area contributed by atoms with Gasteiger partial charge in [-0.25, -0.2) is 0 Å². The van der Waals surface area contributed by atoms with Crippen molar-refractivity contribution in [2.45, 2.75) is 46.0 Å². The van der Waals surface area contributed by atoms with E-state index in [-0.39, 0.29) is 0 Å². The smallest absolute Gasteiger partial charge is 0.00103 e. The van der Waals surface area contributed by atoms with E-state index < -0.39 is 0 Å². The molecule has 1 saturated heterocycles. The fourth-order valence-electron chi connectivity index (χ4n) is 2.93. The third-order valence-corrected chi connectivity index (χ3v) is 4.72. The maximum atomic E-state index is 3.67. The van der Waals surface area contributed by atoms with E-state index in [2.05, 4.69) is 24.5 Å². The van der Waals surface area contributed by atoms with E-state index in [0.717, 1.165) is 11.8 Å². The van der Waals surface area contributed by atoms with Gasteiger partial charge in [0.2, 0.25) is 0 Å². The molecule has 2 N–H and O–H groups in total. The highest BCUT2D eigenvalue weighted by Crippen LogP contribution is 2.51. The molecule has 16 heavy (non-hydrogen) atoms. The van der Waals surface area contributed by atoms with Gasteiger partial charge in [0.05, 0.1) is 0 Å². The molecule has 0 aromatic heterocycles. The van der Waals surface area contributed by atoms with Gasteiger partial charge in [0, 0.05) is 6.54 Å². The fraction of sp³-hybridized carbons (Fsp3) is 1.00. The molecule has 0 aromatic carbocycles. The summed E-state index contributed by atoms with van der Waals surface area (Å²) >= 11 is 0. The van der Waals surface area contributed by atoms with Crippen molar-refractivity contribution in [3.8, 4) is 0 Å². The van der Waals surface area contributed by atoms with Crippen LogP contribution in [0.15, 0.2) is 0 Å². The van der Waals surface area contributed by atoms with Crippen LogP contribution in [0, 0.1) is 17.3 Å². The molecule has 1 saturated carbocycles. The van der Waals surface area contributed by atoms with Gasteiger partial charge in [0.15, 0.2) is 0 Å². The molecule has 0 radical (unpaired) electrons. The van der Waals surface area contributed by atoms with Gasteiger partial charge in [0.25, 0.3) is 0 Å². The molecule has 1 atom stereocenters. The van der Waals surface area contributed by atoms with Crippen molar-refractivity contribution in [3.05, 3.63) is 0 Å². The third-order valence-electron chi connectivity index (χ3n) is 4.72. The van der Waals surface area contributed by atoms with Crippen molar-refractivity contribution in [2.24, 2.45) is 17.3 Å². The Labute approximate surface area is 101 Å². The Morgan fingerprint density at radius 3 is 2.75 bits per heavy atom. The van der Waals surface area contributed by atoms with Gasteiger partial charge in [-0.3, -0.25) is 0 Å². The lowest BCUT2D eigenvalue weighted by atomic mass is 9.92. The Kier molecular flexibility index (Phi) is 4.26. The summed E-state index contributed by atoms with van der Waals surface area (Å²) in [5, 5.41) is 7.12. The lowest BCUT2D eigenvalue weighted by Gasteiger charge is -2.20. The Balaban J connectivity index is 1.49. The van der Waals surface area contributed by atoms with Crippen LogP contribution in [0.1, 0.15) is 46.0 Å². The summed E-state index contributed by atoms with van der Waals surface area (Å²) in [6.45, 7) is 9.74. The minimum absolute atomic E-state index is 0.676. The summed E-state index contributed by atoms with van der Waals surface area (Å²) in [4.78, 5) is 0. The van der Waals surface area contributed by atoms with Crippen LogP contribution in [0.3, 0.4) is 0 Å². The highest BCUT2D eigenvalue weighted by molar-refractivity contribution is 4.96. The number of hydrogen-bond donors (Lipinski definition) is 2. The van der Waals surface area contributed by atoms with Gasteiger partial charge in [-0.15, -0.1) is 0 Å². The Morgan fingerprint density at radius 2 is 2.19 bits per heavy atom. The van der Waals surface area contributed by atoms with Crippen LogP contribution in [-0.2, 0) is 0 Å². The first-order valence-electron chi connectivity index (χ1n) is 7.14. The topological polar surface area (TPSA) is 24.1 Å². The minimum atomic E-state index is 0.676. The molecule has 1 aliphatic heterocycles. The monoisotopic (exact) mass is 224 g/mol. The van der Waals surface area contributed by atoms with Crippen LogP contribution in [-0.4, -0.2) is 26.2 Å². The molecule has 94 valence electrons. The summed E-state index contributed by atoms with van der Waals surface area (Å²) in [5.41, 5.74) is 0.676. The molecule has 2 aliphatic rings. The van der Waals surface area contributed by atoms with Crippen LogP contribution in [0.2, 0.25) is 0 Å². The van der Waals surface area contributed by atoms with Crippen LogP contribution < -0.4 is 10.6 Å². The van der Waals surface area contributed by atoms with Crippen molar-refractivity contribution in [3.63, 3.8) is 0 Å². The zero-order valence-corrected chi connectivity index (χ0v) is 11.0. The molecule has 1 unspecified atom stereocenters. The van der Waals surface area contributed by atoms with E-state index in [1.165, 1.54) is 58.3 Å². The lowest BCUT2D eigenvalue weighted by molar-refractivity contribution is 0.335. The number of rotatable bonds is 7. The molecule has 0 spiro atoms. The normalized spacial score (nSPS) is 27.6. The van der Waals surface area contributed by atoms with Gasteiger partial charge in [-0.05, 0) is 69.0 Å². The van der Waals surface area contributed by atoms with Gasteiger partial charge < -0.3 is 10.6 Å². The van der Waals surface area contributed by atoms with Crippen LogP contribution in [0.25, 0.3) is 0 Å². The van der Waals surface area contributed by atoms with Gasteiger partial charge in [-0.1, -0.05) is 13.8 Å². The first-order valence-corrected chi connectivity index (χ1v) is 7.14. The van der Waals surface area contributed by atoms with Crippen molar-refractivity contribution < 1.29 is 0 Å². The quantitative estimate of drug-likeness (QED) is 0.649. The molecule has 2 nitrogen and oxygen atoms in total. The highest BCUT2D eigenvalue weighted by atomic mass is 14.9. The summed E-state index contributed by atoms with van der Waals surface area (Å²) in [6, 6.07) is 0. The maximum absolute atomic E-state index is 3.67. The van der Waals surface area contributed by atoms with E-state index in [1.807, 2.05) is 0 Å². The van der Waals surface area contributed by atoms with Gasteiger partial charge >= 0.3 is 0 Å². The highest BCUT2D eigenvalue weighted by Gasteiger charge is 2.44. The molecular formula is C14H28N2. The van der Waals surface area contributed by atoms with Crippen molar-refractivity contribution >= 4 is 0 Å². The van der Waals surface area contributed by atoms with Crippen molar-refractivity contribution in [1.29, 1.82) is 0 Å². The van der Waals surface area contributed by atoms with Crippen molar-refractivity contribution in [2.75, 3.05) is 26.2 Å².